The van der Waals surface area contributed by atoms with E-state index in [-0.39, 0.29) is 12.4 Å². The number of ketones is 1. The van der Waals surface area contributed by atoms with Crippen molar-refractivity contribution in [3.8, 4) is 28.1 Å². The van der Waals surface area contributed by atoms with Crippen LogP contribution in [0.25, 0.3) is 27.4 Å². The zero-order chi connectivity index (χ0) is 28.2. The third-order valence-electron chi connectivity index (χ3n) is 6.42. The summed E-state index contributed by atoms with van der Waals surface area (Å²) in [6, 6.07) is 23.2. The van der Waals surface area contributed by atoms with Gasteiger partial charge in [-0.3, -0.25) is 4.79 Å². The van der Waals surface area contributed by atoms with E-state index in [1.54, 1.807) is 24.9 Å². The van der Waals surface area contributed by atoms with Crippen LogP contribution >= 0.6 is 11.3 Å². The summed E-state index contributed by atoms with van der Waals surface area (Å²) in [4.78, 5) is 17.8. The van der Waals surface area contributed by atoms with Crippen molar-refractivity contribution in [2.24, 2.45) is 0 Å². The molecule has 0 radical (unpaired) electrons. The molecule has 0 spiro atoms. The first-order valence-electron chi connectivity index (χ1n) is 12.9. The second-order valence-electron chi connectivity index (χ2n) is 9.38. The minimum absolute atomic E-state index is 0.0206. The molecule has 6 aromatic rings. The van der Waals surface area contributed by atoms with Crippen molar-refractivity contribution in [3.05, 3.63) is 95.7 Å². The quantitative estimate of drug-likeness (QED) is 0.174. The number of benzene rings is 3. The fraction of sp³-hybridized carbons (Fsp3) is 0.194. The van der Waals surface area contributed by atoms with E-state index in [1.165, 1.54) is 11.3 Å². The Kier molecular flexibility index (Phi) is 7.66. The molecule has 208 valence electrons. The number of imidazole rings is 1. The molecular formula is C31H27N3O6S. The summed E-state index contributed by atoms with van der Waals surface area (Å²) in [5.41, 5.74) is 4.15. The van der Waals surface area contributed by atoms with Gasteiger partial charge in [-0.15, -0.1) is 5.10 Å². The Morgan fingerprint density at radius 1 is 0.927 bits per heavy atom. The van der Waals surface area contributed by atoms with Crippen LogP contribution in [0.5, 0.6) is 16.7 Å². The molecule has 0 amide bonds. The summed E-state index contributed by atoms with van der Waals surface area (Å²) < 4.78 is 30.3. The van der Waals surface area contributed by atoms with Crippen molar-refractivity contribution in [2.45, 2.75) is 19.6 Å². The Hall–Kier alpha value is -4.67. The Labute approximate surface area is 239 Å². The van der Waals surface area contributed by atoms with Gasteiger partial charge in [0.25, 0.3) is 5.19 Å². The predicted octanol–water partition coefficient (Wildman–Crippen LogP) is 6.13. The van der Waals surface area contributed by atoms with Crippen LogP contribution in [0, 0.1) is 0 Å². The average molecular weight is 570 g/mol. The van der Waals surface area contributed by atoms with E-state index in [0.29, 0.717) is 58.3 Å². The zero-order valence-corrected chi connectivity index (χ0v) is 23.3. The van der Waals surface area contributed by atoms with E-state index < -0.39 is 0 Å². The lowest BCUT2D eigenvalue weighted by molar-refractivity contribution is -0.123. The second-order valence-corrected chi connectivity index (χ2v) is 10.3. The molecule has 3 aromatic heterocycles. The number of aromatic nitrogens is 3. The zero-order valence-electron chi connectivity index (χ0n) is 22.5. The van der Waals surface area contributed by atoms with Gasteiger partial charge in [-0.25, -0.2) is 9.50 Å². The van der Waals surface area contributed by atoms with E-state index in [2.05, 4.69) is 10.1 Å². The molecule has 0 saturated heterocycles. The van der Waals surface area contributed by atoms with Gasteiger partial charge in [0.15, 0.2) is 11.5 Å². The van der Waals surface area contributed by atoms with Gasteiger partial charge in [-0.2, -0.15) is 0 Å². The molecule has 0 fully saturated rings. The molecule has 0 aliphatic heterocycles. The maximum Gasteiger partial charge on any atom is 0.294 e. The number of Topliss-reactive ketones (excluding diaryl/α,β-unsaturated/α-hetero) is 1. The molecule has 6 rings (SSSR count). The van der Waals surface area contributed by atoms with Gasteiger partial charge in [0.1, 0.15) is 36.0 Å². The van der Waals surface area contributed by atoms with Crippen LogP contribution in [0.4, 0.5) is 0 Å². The molecule has 0 aliphatic carbocycles. The van der Waals surface area contributed by atoms with Crippen LogP contribution in [-0.2, 0) is 29.2 Å². The first-order valence-corrected chi connectivity index (χ1v) is 13.8. The Morgan fingerprint density at radius 3 is 2.56 bits per heavy atom. The second kappa shape index (κ2) is 11.8. The number of methoxy groups -OCH3 is 2. The van der Waals surface area contributed by atoms with Crippen LogP contribution in [0.15, 0.2) is 83.4 Å². The van der Waals surface area contributed by atoms with Gasteiger partial charge in [0, 0.05) is 18.6 Å². The van der Waals surface area contributed by atoms with Crippen LogP contribution in [0.2, 0.25) is 0 Å². The van der Waals surface area contributed by atoms with Crippen molar-refractivity contribution in [3.63, 3.8) is 0 Å². The van der Waals surface area contributed by atoms with Gasteiger partial charge in [-0.05, 0) is 34.1 Å². The Bertz CT molecular complexity index is 1780. The third kappa shape index (κ3) is 6.08. The molecule has 0 N–H and O–H groups in total. The Balaban J connectivity index is 1.14. The molecule has 10 heteroatoms. The van der Waals surface area contributed by atoms with E-state index in [0.717, 1.165) is 22.1 Å². The molecule has 3 heterocycles. The van der Waals surface area contributed by atoms with Gasteiger partial charge in [0.2, 0.25) is 4.96 Å². The predicted molar refractivity (Wildman–Crippen MR) is 155 cm³/mol. The molecule has 0 bridgehead atoms. The summed E-state index contributed by atoms with van der Waals surface area (Å²) in [5.74, 6) is 1.84. The van der Waals surface area contributed by atoms with Crippen molar-refractivity contribution >= 4 is 33.1 Å². The largest absolute Gasteiger partial charge is 0.496 e. The molecule has 0 aliphatic rings. The molecule has 0 saturated carbocycles. The third-order valence-corrected chi connectivity index (χ3v) is 7.31. The van der Waals surface area contributed by atoms with Crippen molar-refractivity contribution in [1.82, 2.24) is 14.6 Å². The highest BCUT2D eigenvalue weighted by molar-refractivity contribution is 7.18. The van der Waals surface area contributed by atoms with E-state index in [4.69, 9.17) is 23.4 Å². The van der Waals surface area contributed by atoms with Crippen LogP contribution < -0.4 is 14.2 Å². The Morgan fingerprint density at radius 2 is 1.76 bits per heavy atom. The van der Waals surface area contributed by atoms with Gasteiger partial charge in [0.05, 0.1) is 32.4 Å². The smallest absolute Gasteiger partial charge is 0.294 e. The minimum Gasteiger partial charge on any atom is -0.496 e. The topological polar surface area (TPSA) is 97.3 Å². The number of carbonyl (C=O) groups excluding carboxylic acids is 1. The lowest BCUT2D eigenvalue weighted by atomic mass is 10.1. The number of carbonyl (C=O) groups is 1. The fourth-order valence-electron chi connectivity index (χ4n) is 4.46. The number of hydrogen-bond donors (Lipinski definition) is 0. The lowest BCUT2D eigenvalue weighted by Gasteiger charge is -2.10. The molecule has 0 unspecified atom stereocenters. The number of ether oxygens (including phenoxy) is 4. The summed E-state index contributed by atoms with van der Waals surface area (Å²) in [6.07, 6.45) is 2.09. The minimum atomic E-state index is 0.0206. The number of furan rings is 1. The van der Waals surface area contributed by atoms with Crippen molar-refractivity contribution < 1.29 is 28.2 Å². The monoisotopic (exact) mass is 569 g/mol. The average Bonchev–Trinajstić information content (AvgIpc) is 3.70. The highest BCUT2D eigenvalue weighted by Gasteiger charge is 2.17. The fourth-order valence-corrected chi connectivity index (χ4v) is 5.15. The summed E-state index contributed by atoms with van der Waals surface area (Å²) in [5, 5.41) is 5.66. The van der Waals surface area contributed by atoms with E-state index in [1.807, 2.05) is 72.8 Å². The van der Waals surface area contributed by atoms with Crippen molar-refractivity contribution in [1.29, 1.82) is 0 Å². The van der Waals surface area contributed by atoms with Crippen LogP contribution in [0.3, 0.4) is 0 Å². The lowest BCUT2D eigenvalue weighted by Crippen LogP contribution is -2.11. The maximum atomic E-state index is 12.5. The normalized spacial score (nSPS) is 11.3. The first-order chi connectivity index (χ1) is 20.1. The summed E-state index contributed by atoms with van der Waals surface area (Å²) in [6.45, 7) is 0.785. The molecular weight excluding hydrogens is 542 g/mol. The standard InChI is InChI=1S/C31H27N3O6S/c1-36-24-13-27(25-15-29(40-28(25)14-24)26-16-34-30(32-26)41-31(33-34)37-2)39-18-22-10-6-9-21(11-22)12-23(35)19-38-17-20-7-4-3-5-8-20/h3-11,13-16H,12,17-19H2,1-2H3. The molecule has 0 atom stereocenters. The van der Waals surface area contributed by atoms with E-state index >= 15 is 0 Å². The molecule has 41 heavy (non-hydrogen) atoms. The van der Waals surface area contributed by atoms with Crippen molar-refractivity contribution in [2.75, 3.05) is 20.8 Å². The van der Waals surface area contributed by atoms with Crippen LogP contribution in [-0.4, -0.2) is 41.2 Å². The number of nitrogens with zero attached hydrogens (tertiary/aromatic N) is 3. The molecule has 3 aromatic carbocycles. The first kappa shape index (κ1) is 26.5. The van der Waals surface area contributed by atoms with Crippen LogP contribution in [0.1, 0.15) is 16.7 Å². The summed E-state index contributed by atoms with van der Waals surface area (Å²) >= 11 is 1.35. The highest BCUT2D eigenvalue weighted by Crippen LogP contribution is 2.37. The van der Waals surface area contributed by atoms with E-state index in [9.17, 15) is 4.79 Å². The molecule has 9 nitrogen and oxygen atoms in total. The number of rotatable bonds is 12. The highest BCUT2D eigenvalue weighted by atomic mass is 32.1. The maximum absolute atomic E-state index is 12.5. The van der Waals surface area contributed by atoms with Gasteiger partial charge < -0.3 is 23.4 Å². The van der Waals surface area contributed by atoms with Gasteiger partial charge >= 0.3 is 0 Å². The van der Waals surface area contributed by atoms with Gasteiger partial charge in [-0.1, -0.05) is 54.6 Å². The summed E-state index contributed by atoms with van der Waals surface area (Å²) in [7, 11) is 3.17. The number of hydrogen-bond acceptors (Lipinski definition) is 9. The SMILES string of the molecule is COc1cc(OCc2cccc(CC(=O)COCc3ccccc3)c2)c2cc(-c3cn4nc(OC)sc4n3)oc2c1. The number of fused-ring (bicyclic) bond motifs is 2.